The van der Waals surface area contributed by atoms with E-state index in [1.807, 2.05) is 6.07 Å². The largest absolute Gasteiger partial charge is 0.468 e. The molecule has 0 heterocycles. The van der Waals surface area contributed by atoms with E-state index >= 15 is 0 Å². The minimum Gasteiger partial charge on any atom is -0.468 e. The molecule has 1 aliphatic rings. The zero-order chi connectivity index (χ0) is 17.3. The fraction of sp³-hybridized carbons (Fsp3) is 0.500. The van der Waals surface area contributed by atoms with Crippen LogP contribution in [0.1, 0.15) is 17.9 Å². The zero-order valence-corrected chi connectivity index (χ0v) is 14.6. The van der Waals surface area contributed by atoms with E-state index in [1.165, 1.54) is 21.3 Å². The zero-order valence-electron chi connectivity index (χ0n) is 13.0. The maximum Gasteiger partial charge on any atom is 0.333 e. The van der Waals surface area contributed by atoms with Crippen LogP contribution in [0.15, 0.2) is 30.3 Å². The van der Waals surface area contributed by atoms with E-state index in [2.05, 4.69) is 0 Å². The fourth-order valence-electron chi connectivity index (χ4n) is 3.35. The number of esters is 1. The van der Waals surface area contributed by atoms with Crippen LogP contribution >= 0.6 is 23.2 Å². The van der Waals surface area contributed by atoms with Gasteiger partial charge < -0.3 is 19.0 Å². The van der Waals surface area contributed by atoms with Gasteiger partial charge in [-0.05, 0) is 5.56 Å². The molecule has 1 saturated carbocycles. The third-order valence-electron chi connectivity index (χ3n) is 4.41. The second-order valence-electron chi connectivity index (χ2n) is 5.43. The number of aldehydes is 1. The Kier molecular flexibility index (Phi) is 5.06. The van der Waals surface area contributed by atoms with Crippen LogP contribution in [0.4, 0.5) is 0 Å². The van der Waals surface area contributed by atoms with E-state index in [-0.39, 0.29) is 6.42 Å². The van der Waals surface area contributed by atoms with Gasteiger partial charge in [-0.15, -0.1) is 11.6 Å². The first kappa shape index (κ1) is 18.2. The lowest BCUT2D eigenvalue weighted by atomic mass is 9.81. The Bertz CT molecular complexity index is 589. The van der Waals surface area contributed by atoms with Gasteiger partial charge in [-0.2, -0.15) is 0 Å². The summed E-state index contributed by atoms with van der Waals surface area (Å²) in [5.41, 5.74) is 0.617. The molecular weight excluding hydrogens is 343 g/mol. The molecule has 0 bridgehead atoms. The first-order chi connectivity index (χ1) is 10.8. The molecule has 3 atom stereocenters. The van der Waals surface area contributed by atoms with Gasteiger partial charge in [0.05, 0.1) is 7.11 Å². The smallest absolute Gasteiger partial charge is 0.333 e. The number of hydrogen-bond donors (Lipinski definition) is 0. The number of carbonyl (C=O) groups excluding carboxylic acids is 2. The third kappa shape index (κ3) is 2.47. The number of carbonyl (C=O) groups is 2. The molecule has 0 unspecified atom stereocenters. The maximum absolute atomic E-state index is 12.6. The van der Waals surface area contributed by atoms with Crippen LogP contribution < -0.4 is 0 Å². The molecule has 1 fully saturated rings. The van der Waals surface area contributed by atoms with Gasteiger partial charge in [-0.1, -0.05) is 41.9 Å². The quantitative estimate of drug-likeness (QED) is 0.349. The summed E-state index contributed by atoms with van der Waals surface area (Å²) < 4.78 is 15.8. The van der Waals surface area contributed by atoms with Crippen LogP contribution in [0.5, 0.6) is 0 Å². The van der Waals surface area contributed by atoms with Gasteiger partial charge in [0.15, 0.2) is 0 Å². The Morgan fingerprint density at radius 3 is 2.17 bits per heavy atom. The summed E-state index contributed by atoms with van der Waals surface area (Å²) in [6.07, 6.45) is 0.475. The van der Waals surface area contributed by atoms with Crippen molar-refractivity contribution >= 4 is 35.5 Å². The average Bonchev–Trinajstić information content (AvgIpc) is 2.80. The molecule has 5 nitrogen and oxygen atoms in total. The first-order valence-electron chi connectivity index (χ1n) is 6.93. The van der Waals surface area contributed by atoms with E-state index in [0.717, 1.165) is 0 Å². The summed E-state index contributed by atoms with van der Waals surface area (Å²) in [5, 5.41) is 0. The molecule has 7 heteroatoms. The number of alkyl halides is 2. The predicted octanol–water partition coefficient (Wildman–Crippen LogP) is 2.49. The van der Waals surface area contributed by atoms with Crippen LogP contribution in [0, 0.1) is 0 Å². The molecule has 1 aliphatic carbocycles. The number of methoxy groups -OCH3 is 3. The van der Waals surface area contributed by atoms with Gasteiger partial charge in [0.25, 0.3) is 0 Å². The van der Waals surface area contributed by atoms with Crippen LogP contribution in [0.3, 0.4) is 0 Å². The van der Waals surface area contributed by atoms with Gasteiger partial charge in [0.2, 0.25) is 10.7 Å². The SMILES string of the molecule is COC(=O)[C@@]1(Cl)[C@@H](c2ccccc2)[C@@](Cl)(C=O)CC1(OC)OC. The van der Waals surface area contributed by atoms with E-state index in [1.54, 1.807) is 24.3 Å². The topological polar surface area (TPSA) is 61.8 Å². The standard InChI is InChI=1S/C16H18Cl2O5/c1-21-13(20)16(18)12(11-7-5-4-6-8-11)14(17,10-19)9-15(16,22-2)23-3/h4-8,10,12H,9H2,1-3H3/t12-,14-,16-/m0/s1. The number of benzene rings is 1. The molecule has 0 aromatic heterocycles. The maximum atomic E-state index is 12.6. The molecule has 0 radical (unpaired) electrons. The van der Waals surface area contributed by atoms with Crippen LogP contribution in [-0.4, -0.2) is 49.1 Å². The minimum absolute atomic E-state index is 0.101. The molecular formula is C16H18Cl2O5. The van der Waals surface area contributed by atoms with E-state index < -0.39 is 27.4 Å². The highest BCUT2D eigenvalue weighted by Crippen LogP contribution is 2.62. The Morgan fingerprint density at radius 1 is 1.17 bits per heavy atom. The fourth-order valence-corrected chi connectivity index (χ4v) is 4.49. The molecule has 0 N–H and O–H groups in total. The molecule has 0 amide bonds. The lowest BCUT2D eigenvalue weighted by Gasteiger charge is -2.39. The summed E-state index contributed by atoms with van der Waals surface area (Å²) in [4.78, 5) is 21.0. The van der Waals surface area contributed by atoms with Gasteiger partial charge in [-0.3, -0.25) is 0 Å². The van der Waals surface area contributed by atoms with E-state index in [4.69, 9.17) is 37.4 Å². The normalized spacial score (nSPS) is 32.5. The lowest BCUT2D eigenvalue weighted by Crippen LogP contribution is -2.57. The highest BCUT2D eigenvalue weighted by atomic mass is 35.5. The van der Waals surface area contributed by atoms with Crippen LogP contribution in [-0.2, 0) is 23.8 Å². The Balaban J connectivity index is 2.76. The van der Waals surface area contributed by atoms with Crippen molar-refractivity contribution in [2.24, 2.45) is 0 Å². The van der Waals surface area contributed by atoms with Crippen LogP contribution in [0.2, 0.25) is 0 Å². The number of ether oxygens (including phenoxy) is 3. The number of rotatable bonds is 5. The lowest BCUT2D eigenvalue weighted by molar-refractivity contribution is -0.225. The van der Waals surface area contributed by atoms with Gasteiger partial charge in [0, 0.05) is 26.6 Å². The van der Waals surface area contributed by atoms with Crippen molar-refractivity contribution in [1.29, 1.82) is 0 Å². The summed E-state index contributed by atoms with van der Waals surface area (Å²) in [5.74, 6) is -3.28. The van der Waals surface area contributed by atoms with Crippen molar-refractivity contribution in [1.82, 2.24) is 0 Å². The monoisotopic (exact) mass is 360 g/mol. The van der Waals surface area contributed by atoms with Crippen molar-refractivity contribution in [2.45, 2.75) is 27.9 Å². The Hall–Kier alpha value is -1.14. The Labute approximate surface area is 144 Å². The van der Waals surface area contributed by atoms with E-state index in [9.17, 15) is 9.59 Å². The Morgan fingerprint density at radius 2 is 1.74 bits per heavy atom. The predicted molar refractivity (Wildman–Crippen MR) is 85.8 cm³/mol. The van der Waals surface area contributed by atoms with Crippen molar-refractivity contribution in [3.05, 3.63) is 35.9 Å². The molecule has 0 aliphatic heterocycles. The molecule has 1 aromatic carbocycles. The van der Waals surface area contributed by atoms with Crippen molar-refractivity contribution in [2.75, 3.05) is 21.3 Å². The van der Waals surface area contributed by atoms with E-state index in [0.29, 0.717) is 11.8 Å². The highest BCUT2D eigenvalue weighted by molar-refractivity contribution is 6.40. The van der Waals surface area contributed by atoms with Crippen molar-refractivity contribution in [3.8, 4) is 0 Å². The second-order valence-corrected chi connectivity index (χ2v) is 6.73. The van der Waals surface area contributed by atoms with Gasteiger partial charge >= 0.3 is 5.97 Å². The average molecular weight is 361 g/mol. The molecule has 126 valence electrons. The summed E-state index contributed by atoms with van der Waals surface area (Å²) in [7, 11) is 3.90. The second kappa shape index (κ2) is 6.40. The minimum atomic E-state index is -1.82. The number of hydrogen-bond acceptors (Lipinski definition) is 5. The third-order valence-corrected chi connectivity index (χ3v) is 5.51. The molecule has 23 heavy (non-hydrogen) atoms. The molecule has 0 saturated heterocycles. The van der Waals surface area contributed by atoms with Gasteiger partial charge in [0.1, 0.15) is 11.2 Å². The molecule has 0 spiro atoms. The summed E-state index contributed by atoms with van der Waals surface area (Å²) in [6.45, 7) is 0. The van der Waals surface area contributed by atoms with Gasteiger partial charge in [-0.25, -0.2) is 4.79 Å². The van der Waals surface area contributed by atoms with Crippen LogP contribution in [0.25, 0.3) is 0 Å². The summed E-state index contributed by atoms with van der Waals surface area (Å²) >= 11 is 13.3. The highest BCUT2D eigenvalue weighted by Gasteiger charge is 2.75. The first-order valence-corrected chi connectivity index (χ1v) is 7.68. The number of halogens is 2. The molecule has 1 aromatic rings. The molecule has 2 rings (SSSR count). The summed E-state index contributed by atoms with van der Waals surface area (Å²) in [6, 6.07) is 8.83. The van der Waals surface area contributed by atoms with Crippen molar-refractivity contribution < 1.29 is 23.8 Å². The van der Waals surface area contributed by atoms with Crippen molar-refractivity contribution in [3.63, 3.8) is 0 Å².